The molecule has 0 aliphatic heterocycles. The highest BCUT2D eigenvalue weighted by molar-refractivity contribution is 5.45. The van der Waals surface area contributed by atoms with Gasteiger partial charge in [0.15, 0.2) is 0 Å². The molecule has 0 fully saturated rings. The molecule has 0 spiro atoms. The molecule has 0 saturated carbocycles. The van der Waals surface area contributed by atoms with E-state index in [4.69, 9.17) is 0 Å². The van der Waals surface area contributed by atoms with Crippen LogP contribution in [0.25, 0.3) is 0 Å². The number of nitrogens with zero attached hydrogens (tertiary/aromatic N) is 1. The highest BCUT2D eigenvalue weighted by Crippen LogP contribution is 2.22. The number of hydrogen-bond donors (Lipinski definition) is 1. The van der Waals surface area contributed by atoms with Crippen LogP contribution in [-0.4, -0.2) is 26.7 Å². The first kappa shape index (κ1) is 15.0. The molecule has 1 atom stereocenters. The van der Waals surface area contributed by atoms with Gasteiger partial charge >= 0.3 is 0 Å². The largest absolute Gasteiger partial charge is 0.375 e. The third-order valence-corrected chi connectivity index (χ3v) is 3.41. The van der Waals surface area contributed by atoms with E-state index in [1.807, 2.05) is 26.2 Å². The molecule has 0 aliphatic rings. The third-order valence-electron chi connectivity index (χ3n) is 3.41. The highest BCUT2D eigenvalue weighted by Gasteiger charge is 2.22. The summed E-state index contributed by atoms with van der Waals surface area (Å²) in [5.41, 5.74) is 1.30. The lowest BCUT2D eigenvalue weighted by molar-refractivity contribution is 0.270. The summed E-state index contributed by atoms with van der Waals surface area (Å²) in [6.07, 6.45) is 1.06. The summed E-state index contributed by atoms with van der Waals surface area (Å²) in [5.74, 6) is -0.185. The van der Waals surface area contributed by atoms with Gasteiger partial charge in [-0.3, -0.25) is 0 Å². The van der Waals surface area contributed by atoms with Crippen LogP contribution in [0.15, 0.2) is 24.3 Å². The Morgan fingerprint density at radius 1 is 1.22 bits per heavy atom. The minimum absolute atomic E-state index is 0.185. The van der Waals surface area contributed by atoms with Crippen molar-refractivity contribution >= 4 is 5.69 Å². The zero-order valence-electron chi connectivity index (χ0n) is 12.1. The van der Waals surface area contributed by atoms with Crippen molar-refractivity contribution in [1.82, 2.24) is 5.32 Å². The average Bonchev–Trinajstić information content (AvgIpc) is 2.28. The van der Waals surface area contributed by atoms with E-state index in [1.165, 1.54) is 12.1 Å². The molecule has 0 bridgehead atoms. The van der Waals surface area contributed by atoms with Gasteiger partial charge in [-0.05, 0) is 43.1 Å². The van der Waals surface area contributed by atoms with Gasteiger partial charge in [-0.15, -0.1) is 0 Å². The molecular weight excluding hydrogens is 227 g/mol. The lowest BCUT2D eigenvalue weighted by atomic mass is 9.85. The minimum Gasteiger partial charge on any atom is -0.375 e. The van der Waals surface area contributed by atoms with Gasteiger partial charge in [0.1, 0.15) is 5.82 Å². The number of rotatable bonds is 5. The number of halogens is 1. The van der Waals surface area contributed by atoms with Crippen LogP contribution in [0.4, 0.5) is 10.1 Å². The molecule has 1 N–H and O–H groups in total. The van der Waals surface area contributed by atoms with Gasteiger partial charge in [0.2, 0.25) is 0 Å². The fourth-order valence-electron chi connectivity index (χ4n) is 2.16. The molecule has 1 rings (SSSR count). The maximum absolute atomic E-state index is 12.8. The van der Waals surface area contributed by atoms with Crippen molar-refractivity contribution in [1.29, 1.82) is 0 Å². The third kappa shape index (κ3) is 4.30. The summed E-state index contributed by atoms with van der Waals surface area (Å²) in [6.45, 7) is 7.68. The molecule has 0 saturated heterocycles. The Bertz CT molecular complexity index is 354. The molecule has 1 aromatic carbocycles. The highest BCUT2D eigenvalue weighted by atomic mass is 19.1. The molecule has 1 aromatic rings. The minimum atomic E-state index is -0.185. The molecule has 1 unspecified atom stereocenters. The van der Waals surface area contributed by atoms with Gasteiger partial charge in [0.05, 0.1) is 0 Å². The molecule has 0 aliphatic carbocycles. The number of anilines is 1. The number of hydrogen-bond acceptors (Lipinski definition) is 2. The Balaban J connectivity index is 2.55. The Hall–Kier alpha value is -1.09. The van der Waals surface area contributed by atoms with E-state index < -0.39 is 0 Å². The quantitative estimate of drug-likeness (QED) is 0.865. The molecule has 3 heteroatoms. The summed E-state index contributed by atoms with van der Waals surface area (Å²) in [4.78, 5) is 2.16. The van der Waals surface area contributed by atoms with Crippen molar-refractivity contribution in [2.45, 2.75) is 33.2 Å². The topological polar surface area (TPSA) is 15.3 Å². The number of nitrogens with one attached hydrogen (secondary N) is 1. The van der Waals surface area contributed by atoms with Gasteiger partial charge in [-0.2, -0.15) is 0 Å². The lowest BCUT2D eigenvalue weighted by Crippen LogP contribution is -2.40. The summed E-state index contributed by atoms with van der Waals surface area (Å²) in [6, 6.07) is 7.12. The van der Waals surface area contributed by atoms with Crippen molar-refractivity contribution < 1.29 is 4.39 Å². The van der Waals surface area contributed by atoms with Crippen LogP contribution in [0.5, 0.6) is 0 Å². The van der Waals surface area contributed by atoms with E-state index in [2.05, 4.69) is 31.0 Å². The van der Waals surface area contributed by atoms with E-state index in [0.29, 0.717) is 6.04 Å². The maximum atomic E-state index is 12.8. The average molecular weight is 252 g/mol. The summed E-state index contributed by atoms with van der Waals surface area (Å²) in [7, 11) is 4.05. The Labute approximate surface area is 110 Å². The van der Waals surface area contributed by atoms with E-state index in [0.717, 1.165) is 18.7 Å². The molecular formula is C15H25FN2. The van der Waals surface area contributed by atoms with Crippen LogP contribution in [0.2, 0.25) is 0 Å². The first-order valence-electron chi connectivity index (χ1n) is 6.48. The van der Waals surface area contributed by atoms with Crippen LogP contribution in [0, 0.1) is 11.2 Å². The van der Waals surface area contributed by atoms with Crippen LogP contribution in [0.1, 0.15) is 27.2 Å². The zero-order chi connectivity index (χ0) is 13.8. The fourth-order valence-corrected chi connectivity index (χ4v) is 2.16. The molecule has 0 radical (unpaired) electrons. The van der Waals surface area contributed by atoms with Crippen molar-refractivity contribution in [2.24, 2.45) is 5.41 Å². The summed E-state index contributed by atoms with van der Waals surface area (Å²) >= 11 is 0. The van der Waals surface area contributed by atoms with Crippen LogP contribution >= 0.6 is 0 Å². The van der Waals surface area contributed by atoms with Crippen molar-refractivity contribution in [2.75, 3.05) is 25.5 Å². The smallest absolute Gasteiger partial charge is 0.123 e. The van der Waals surface area contributed by atoms with Crippen LogP contribution in [0.3, 0.4) is 0 Å². The van der Waals surface area contributed by atoms with Crippen molar-refractivity contribution in [3.05, 3.63) is 30.1 Å². The van der Waals surface area contributed by atoms with Crippen LogP contribution < -0.4 is 10.2 Å². The molecule has 2 nitrogen and oxygen atoms in total. The molecule has 0 heterocycles. The normalized spacial score (nSPS) is 13.4. The molecule has 18 heavy (non-hydrogen) atoms. The second kappa shape index (κ2) is 6.19. The van der Waals surface area contributed by atoms with E-state index in [9.17, 15) is 4.39 Å². The predicted molar refractivity (Wildman–Crippen MR) is 76.6 cm³/mol. The fraction of sp³-hybridized carbons (Fsp3) is 0.600. The van der Waals surface area contributed by atoms with Gasteiger partial charge in [-0.1, -0.05) is 20.8 Å². The monoisotopic (exact) mass is 252 g/mol. The predicted octanol–water partition coefficient (Wildman–Crippen LogP) is 3.29. The van der Waals surface area contributed by atoms with E-state index in [1.54, 1.807) is 0 Å². The zero-order valence-corrected chi connectivity index (χ0v) is 12.1. The van der Waals surface area contributed by atoms with Gasteiger partial charge < -0.3 is 10.2 Å². The van der Waals surface area contributed by atoms with Crippen molar-refractivity contribution in [3.8, 4) is 0 Å². The molecule has 0 aromatic heterocycles. The van der Waals surface area contributed by atoms with E-state index in [-0.39, 0.29) is 11.2 Å². The van der Waals surface area contributed by atoms with Gasteiger partial charge in [-0.25, -0.2) is 4.39 Å². The summed E-state index contributed by atoms with van der Waals surface area (Å²) in [5, 5.41) is 3.37. The second-order valence-corrected chi connectivity index (χ2v) is 5.89. The summed E-state index contributed by atoms with van der Waals surface area (Å²) < 4.78 is 12.8. The SMILES string of the molecule is CNC(CCN(C)c1ccc(F)cc1)C(C)(C)C. The molecule has 102 valence electrons. The lowest BCUT2D eigenvalue weighted by Gasteiger charge is -2.32. The Morgan fingerprint density at radius 2 is 1.78 bits per heavy atom. The second-order valence-electron chi connectivity index (χ2n) is 5.89. The van der Waals surface area contributed by atoms with Crippen molar-refractivity contribution in [3.63, 3.8) is 0 Å². The first-order valence-corrected chi connectivity index (χ1v) is 6.48. The number of benzene rings is 1. The maximum Gasteiger partial charge on any atom is 0.123 e. The standard InChI is InChI=1S/C15H25FN2/c1-15(2,3)14(17-4)10-11-18(5)13-8-6-12(16)7-9-13/h6-9,14,17H,10-11H2,1-5H3. The Morgan fingerprint density at radius 3 is 2.22 bits per heavy atom. The Kier molecular flexibility index (Phi) is 5.15. The first-order chi connectivity index (χ1) is 8.34. The van der Waals surface area contributed by atoms with Gasteiger partial charge in [0, 0.05) is 25.3 Å². The van der Waals surface area contributed by atoms with Crippen LogP contribution in [-0.2, 0) is 0 Å². The molecule has 0 amide bonds. The van der Waals surface area contributed by atoms with Gasteiger partial charge in [0.25, 0.3) is 0 Å². The van der Waals surface area contributed by atoms with E-state index >= 15 is 0 Å².